The second kappa shape index (κ2) is 12.4. The van der Waals surface area contributed by atoms with Crippen molar-refractivity contribution >= 4 is 55.0 Å². The molecular weight excluding hydrogens is 542 g/mol. The van der Waals surface area contributed by atoms with Gasteiger partial charge in [-0.05, 0) is 42.3 Å². The van der Waals surface area contributed by atoms with E-state index in [1.165, 1.54) is 23.1 Å². The van der Waals surface area contributed by atoms with Crippen LogP contribution in [0.4, 0.5) is 5.69 Å². The zero-order valence-corrected chi connectivity index (χ0v) is 24.0. The summed E-state index contributed by atoms with van der Waals surface area (Å²) < 4.78 is 14.1. The maximum atomic E-state index is 13.8. The van der Waals surface area contributed by atoms with Gasteiger partial charge in [0.25, 0.3) is 5.56 Å². The van der Waals surface area contributed by atoms with E-state index in [1.54, 1.807) is 29.8 Å². The molecule has 9 heteroatoms. The number of aryl methyl sites for hydroxylation is 1. The van der Waals surface area contributed by atoms with E-state index in [4.69, 9.17) is 14.5 Å². The van der Waals surface area contributed by atoms with Crippen LogP contribution in [-0.4, -0.2) is 42.0 Å². The number of thioether (sulfide) groups is 1. The molecule has 2 aromatic heterocycles. The van der Waals surface area contributed by atoms with Gasteiger partial charge < -0.3 is 14.4 Å². The normalized spacial score (nSPS) is 11.1. The number of rotatable bonds is 11. The van der Waals surface area contributed by atoms with Crippen molar-refractivity contribution in [1.82, 2.24) is 9.55 Å². The summed E-state index contributed by atoms with van der Waals surface area (Å²) in [7, 11) is 3.20. The van der Waals surface area contributed by atoms with Crippen molar-refractivity contribution in [2.75, 3.05) is 31.4 Å². The van der Waals surface area contributed by atoms with Crippen molar-refractivity contribution in [2.24, 2.45) is 0 Å². The molecular formula is C31H29N3O4S2. The first-order valence-corrected chi connectivity index (χ1v) is 14.6. The number of aromatic nitrogens is 2. The van der Waals surface area contributed by atoms with Gasteiger partial charge in [-0.1, -0.05) is 60.3 Å². The van der Waals surface area contributed by atoms with Crippen LogP contribution in [0.5, 0.6) is 11.5 Å². The summed E-state index contributed by atoms with van der Waals surface area (Å²) in [5.41, 5.74) is 2.36. The van der Waals surface area contributed by atoms with Crippen LogP contribution in [0.2, 0.25) is 0 Å². The number of para-hydroxylation sites is 1. The third-order valence-electron chi connectivity index (χ3n) is 6.52. The fourth-order valence-corrected chi connectivity index (χ4v) is 6.52. The number of carbonyl (C=O) groups is 1. The lowest BCUT2D eigenvalue weighted by atomic mass is 10.1. The SMILES string of the molecule is C=CCN(C(=O)CSc1nc2c(sc3ccccc32)c(=O)n1CCc1ccc(OC)c(OC)c1)c1ccccc1. The second-order valence-electron chi connectivity index (χ2n) is 8.98. The van der Waals surface area contributed by atoms with Crippen LogP contribution in [0.1, 0.15) is 5.56 Å². The van der Waals surface area contributed by atoms with Crippen LogP contribution in [0.15, 0.2) is 95.4 Å². The number of ether oxygens (including phenoxy) is 2. The third-order valence-corrected chi connectivity index (χ3v) is 8.63. The largest absolute Gasteiger partial charge is 0.493 e. The van der Waals surface area contributed by atoms with Gasteiger partial charge in [-0.3, -0.25) is 14.2 Å². The first-order valence-electron chi connectivity index (χ1n) is 12.8. The molecule has 0 unspecified atom stereocenters. The number of amides is 1. The predicted octanol–water partition coefficient (Wildman–Crippen LogP) is 6.18. The van der Waals surface area contributed by atoms with Crippen LogP contribution in [-0.2, 0) is 17.8 Å². The van der Waals surface area contributed by atoms with E-state index >= 15 is 0 Å². The molecule has 0 atom stereocenters. The number of methoxy groups -OCH3 is 2. The average Bonchev–Trinajstić information content (AvgIpc) is 3.37. The molecule has 0 saturated carbocycles. The van der Waals surface area contributed by atoms with E-state index in [-0.39, 0.29) is 17.2 Å². The Hall–Kier alpha value is -4.08. The monoisotopic (exact) mass is 571 g/mol. The van der Waals surface area contributed by atoms with Crippen LogP contribution in [0.3, 0.4) is 0 Å². The Morgan fingerprint density at radius 1 is 1.05 bits per heavy atom. The molecule has 40 heavy (non-hydrogen) atoms. The van der Waals surface area contributed by atoms with Gasteiger partial charge in [-0.15, -0.1) is 17.9 Å². The Bertz CT molecular complexity index is 1730. The van der Waals surface area contributed by atoms with Crippen LogP contribution in [0, 0.1) is 0 Å². The average molecular weight is 572 g/mol. The Labute approximate surface area is 240 Å². The summed E-state index contributed by atoms with van der Waals surface area (Å²) in [6, 6.07) is 23.1. The number of fused-ring (bicyclic) bond motifs is 3. The van der Waals surface area contributed by atoms with E-state index < -0.39 is 0 Å². The van der Waals surface area contributed by atoms with Gasteiger partial charge in [0.2, 0.25) is 5.91 Å². The molecule has 0 bridgehead atoms. The molecule has 1 amide bonds. The number of benzene rings is 3. The smallest absolute Gasteiger partial charge is 0.272 e. The molecule has 2 heterocycles. The van der Waals surface area contributed by atoms with E-state index in [1.807, 2.05) is 72.8 Å². The van der Waals surface area contributed by atoms with Gasteiger partial charge in [0.05, 0.1) is 25.5 Å². The highest BCUT2D eigenvalue weighted by Gasteiger charge is 2.20. The molecule has 0 N–H and O–H groups in total. The second-order valence-corrected chi connectivity index (χ2v) is 11.0. The Morgan fingerprint density at radius 3 is 2.55 bits per heavy atom. The third kappa shape index (κ3) is 5.61. The summed E-state index contributed by atoms with van der Waals surface area (Å²) in [5, 5.41) is 1.46. The molecule has 0 saturated heterocycles. The Kier molecular flexibility index (Phi) is 8.52. The first-order chi connectivity index (χ1) is 19.5. The van der Waals surface area contributed by atoms with Gasteiger partial charge in [0.15, 0.2) is 16.7 Å². The van der Waals surface area contributed by atoms with Gasteiger partial charge in [-0.25, -0.2) is 4.98 Å². The van der Waals surface area contributed by atoms with Gasteiger partial charge in [0, 0.05) is 28.9 Å². The molecule has 5 aromatic rings. The van der Waals surface area contributed by atoms with Crippen molar-refractivity contribution < 1.29 is 14.3 Å². The van der Waals surface area contributed by atoms with Crippen molar-refractivity contribution in [3.63, 3.8) is 0 Å². The van der Waals surface area contributed by atoms with E-state index in [2.05, 4.69) is 6.58 Å². The molecule has 0 spiro atoms. The lowest BCUT2D eigenvalue weighted by molar-refractivity contribution is -0.116. The molecule has 0 aliphatic rings. The molecule has 0 aliphatic heterocycles. The minimum atomic E-state index is -0.104. The van der Waals surface area contributed by atoms with Crippen molar-refractivity contribution in [3.05, 3.63) is 101 Å². The minimum Gasteiger partial charge on any atom is -0.493 e. The van der Waals surface area contributed by atoms with Crippen LogP contribution < -0.4 is 19.9 Å². The standard InChI is InChI=1S/C31H29N3O4S2/c1-4-17-33(22-10-6-5-7-11-22)27(35)20-39-31-32-28-23-12-8-9-13-26(23)40-29(28)30(36)34(31)18-16-21-14-15-24(37-2)25(19-21)38-3/h4-15,19H,1,16-18,20H2,2-3H3. The molecule has 7 nitrogen and oxygen atoms in total. The van der Waals surface area contributed by atoms with Gasteiger partial charge >= 0.3 is 0 Å². The van der Waals surface area contributed by atoms with E-state index in [0.29, 0.717) is 46.4 Å². The van der Waals surface area contributed by atoms with Crippen molar-refractivity contribution in [2.45, 2.75) is 18.1 Å². The summed E-state index contributed by atoms with van der Waals surface area (Å²) in [6.07, 6.45) is 2.28. The highest BCUT2D eigenvalue weighted by Crippen LogP contribution is 2.32. The maximum Gasteiger partial charge on any atom is 0.272 e. The molecule has 5 rings (SSSR count). The zero-order valence-electron chi connectivity index (χ0n) is 22.3. The van der Waals surface area contributed by atoms with E-state index in [9.17, 15) is 9.59 Å². The predicted molar refractivity (Wildman–Crippen MR) is 164 cm³/mol. The Morgan fingerprint density at radius 2 is 1.80 bits per heavy atom. The molecule has 0 radical (unpaired) electrons. The molecule has 204 valence electrons. The summed E-state index contributed by atoms with van der Waals surface area (Å²) in [5.74, 6) is 1.31. The highest BCUT2D eigenvalue weighted by molar-refractivity contribution is 7.99. The van der Waals surface area contributed by atoms with Gasteiger partial charge in [0.1, 0.15) is 4.70 Å². The lowest BCUT2D eigenvalue weighted by Gasteiger charge is -2.21. The fourth-order valence-electron chi connectivity index (χ4n) is 4.53. The zero-order chi connectivity index (χ0) is 28.1. The van der Waals surface area contributed by atoms with Gasteiger partial charge in [-0.2, -0.15) is 0 Å². The number of nitrogens with zero attached hydrogens (tertiary/aromatic N) is 3. The number of anilines is 1. The molecule has 0 fully saturated rings. The summed E-state index contributed by atoms with van der Waals surface area (Å²) >= 11 is 2.73. The lowest BCUT2D eigenvalue weighted by Crippen LogP contribution is -2.33. The van der Waals surface area contributed by atoms with E-state index in [0.717, 1.165) is 21.3 Å². The highest BCUT2D eigenvalue weighted by atomic mass is 32.2. The number of hydrogen-bond donors (Lipinski definition) is 0. The maximum absolute atomic E-state index is 13.8. The quantitative estimate of drug-likeness (QED) is 0.107. The number of thiophene rings is 1. The first kappa shape index (κ1) is 27.5. The molecule has 0 aliphatic carbocycles. The fraction of sp³-hybridized carbons (Fsp3) is 0.194. The van der Waals surface area contributed by atoms with Crippen LogP contribution in [0.25, 0.3) is 20.3 Å². The topological polar surface area (TPSA) is 73.7 Å². The Balaban J connectivity index is 1.49. The number of hydrogen-bond acceptors (Lipinski definition) is 7. The summed E-state index contributed by atoms with van der Waals surface area (Å²) in [4.78, 5) is 33.8. The molecule has 3 aromatic carbocycles. The van der Waals surface area contributed by atoms with Crippen LogP contribution >= 0.6 is 23.1 Å². The van der Waals surface area contributed by atoms with Crippen molar-refractivity contribution in [1.29, 1.82) is 0 Å². The van der Waals surface area contributed by atoms with Crippen molar-refractivity contribution in [3.8, 4) is 11.5 Å². The summed E-state index contributed by atoms with van der Waals surface area (Å²) in [6.45, 7) is 4.60. The number of carbonyl (C=O) groups excluding carboxylic acids is 1. The minimum absolute atomic E-state index is 0.0907.